The Balaban J connectivity index is 2.75. The number of nitrogens with zero attached hydrogens (tertiary/aromatic N) is 1. The van der Waals surface area contributed by atoms with E-state index in [2.05, 4.69) is 19.9 Å². The van der Waals surface area contributed by atoms with Gasteiger partial charge in [-0.2, -0.15) is 5.26 Å². The smallest absolute Gasteiger partial charge is 0.0833 e. The van der Waals surface area contributed by atoms with Crippen molar-refractivity contribution in [2.75, 3.05) is 7.11 Å². The molecule has 0 saturated heterocycles. The van der Waals surface area contributed by atoms with Gasteiger partial charge in [0.05, 0.1) is 23.2 Å². The van der Waals surface area contributed by atoms with E-state index in [1.165, 1.54) is 0 Å². The Hall–Kier alpha value is -0.590. The fraction of sp³-hybridized carbons (Fsp3) is 0.933. The first-order chi connectivity index (χ1) is 8.16. The molecule has 1 rings (SSSR count). The lowest BCUT2D eigenvalue weighted by molar-refractivity contribution is -0.0627. The van der Waals surface area contributed by atoms with Crippen LogP contribution in [0, 0.1) is 22.2 Å². The first kappa shape index (κ1) is 15.5. The van der Waals surface area contributed by atoms with E-state index >= 15 is 0 Å². The Morgan fingerprint density at radius 3 is 2.17 bits per heavy atom. The van der Waals surface area contributed by atoms with Crippen LogP contribution in [-0.4, -0.2) is 23.9 Å². The summed E-state index contributed by atoms with van der Waals surface area (Å²) < 4.78 is 5.36. The Bertz CT molecular complexity index is 318. The third kappa shape index (κ3) is 3.46. The molecule has 1 aliphatic carbocycles. The van der Waals surface area contributed by atoms with Crippen molar-refractivity contribution in [3.63, 3.8) is 0 Å². The molecule has 3 heteroatoms. The minimum atomic E-state index is -0.603. The third-order valence-electron chi connectivity index (χ3n) is 4.59. The average molecular weight is 253 g/mol. The van der Waals surface area contributed by atoms with Crippen LogP contribution in [0.4, 0.5) is 0 Å². The number of hydrogen-bond acceptors (Lipinski definition) is 3. The molecule has 104 valence electrons. The predicted octanol–water partition coefficient (Wildman–Crippen LogP) is 3.27. The Labute approximate surface area is 111 Å². The van der Waals surface area contributed by atoms with Crippen LogP contribution in [0.3, 0.4) is 0 Å². The summed E-state index contributed by atoms with van der Waals surface area (Å²) in [4.78, 5) is 0. The van der Waals surface area contributed by atoms with Gasteiger partial charge in [0.1, 0.15) is 0 Å². The summed E-state index contributed by atoms with van der Waals surface area (Å²) in [5.74, 6) is 0. The van der Waals surface area contributed by atoms with Crippen LogP contribution in [0.5, 0.6) is 0 Å². The average Bonchev–Trinajstić information content (AvgIpc) is 2.29. The molecule has 1 aliphatic rings. The molecule has 0 radical (unpaired) electrons. The van der Waals surface area contributed by atoms with Crippen LogP contribution >= 0.6 is 0 Å². The maximum absolute atomic E-state index is 10.5. The molecule has 1 fully saturated rings. The van der Waals surface area contributed by atoms with Gasteiger partial charge >= 0.3 is 0 Å². The summed E-state index contributed by atoms with van der Waals surface area (Å²) in [6.45, 7) is 8.38. The van der Waals surface area contributed by atoms with Gasteiger partial charge in [-0.05, 0) is 44.9 Å². The van der Waals surface area contributed by atoms with Gasteiger partial charge in [-0.1, -0.05) is 13.8 Å². The molecule has 0 spiro atoms. The number of methoxy groups -OCH3 is 1. The lowest BCUT2D eigenvalue weighted by Gasteiger charge is -2.43. The molecule has 0 aromatic heterocycles. The van der Waals surface area contributed by atoms with E-state index < -0.39 is 11.5 Å². The lowest BCUT2D eigenvalue weighted by Crippen LogP contribution is -2.43. The Morgan fingerprint density at radius 2 is 1.78 bits per heavy atom. The number of rotatable bonds is 4. The summed E-state index contributed by atoms with van der Waals surface area (Å²) in [7, 11) is 1.65. The van der Waals surface area contributed by atoms with Gasteiger partial charge in [0, 0.05) is 13.5 Å². The second-order valence-electron chi connectivity index (χ2n) is 7.12. The van der Waals surface area contributed by atoms with E-state index in [1.54, 1.807) is 7.11 Å². The first-order valence-corrected chi connectivity index (χ1v) is 6.81. The quantitative estimate of drug-likeness (QED) is 0.836. The number of hydrogen-bond donors (Lipinski definition) is 1. The molecule has 0 bridgehead atoms. The van der Waals surface area contributed by atoms with E-state index in [0.717, 1.165) is 25.7 Å². The van der Waals surface area contributed by atoms with Gasteiger partial charge in [0.2, 0.25) is 0 Å². The number of nitriles is 1. The van der Waals surface area contributed by atoms with Crippen molar-refractivity contribution in [3.8, 4) is 6.07 Å². The fourth-order valence-electron chi connectivity index (χ4n) is 2.64. The summed E-state index contributed by atoms with van der Waals surface area (Å²) in [6.07, 6.45) is 3.50. The van der Waals surface area contributed by atoms with E-state index in [4.69, 9.17) is 4.74 Å². The minimum absolute atomic E-state index is 0.302. The van der Waals surface area contributed by atoms with Crippen molar-refractivity contribution >= 4 is 0 Å². The molecule has 0 heterocycles. The molecular formula is C15H27NO2. The summed E-state index contributed by atoms with van der Waals surface area (Å²) >= 11 is 0. The van der Waals surface area contributed by atoms with Crippen molar-refractivity contribution in [1.82, 2.24) is 0 Å². The van der Waals surface area contributed by atoms with Gasteiger partial charge in [-0.3, -0.25) is 0 Å². The molecule has 1 saturated carbocycles. The van der Waals surface area contributed by atoms with Crippen molar-refractivity contribution in [1.29, 1.82) is 5.26 Å². The molecule has 0 amide bonds. The molecule has 0 aliphatic heterocycles. The molecule has 3 nitrogen and oxygen atoms in total. The highest BCUT2D eigenvalue weighted by molar-refractivity contribution is 5.08. The van der Waals surface area contributed by atoms with Crippen LogP contribution < -0.4 is 0 Å². The van der Waals surface area contributed by atoms with E-state index in [9.17, 15) is 10.4 Å². The van der Waals surface area contributed by atoms with Gasteiger partial charge < -0.3 is 9.84 Å². The topological polar surface area (TPSA) is 53.2 Å². The molecule has 0 aromatic carbocycles. The fourth-order valence-corrected chi connectivity index (χ4v) is 2.64. The summed E-state index contributed by atoms with van der Waals surface area (Å²) in [5, 5.41) is 20.0. The van der Waals surface area contributed by atoms with Gasteiger partial charge in [-0.25, -0.2) is 0 Å². The third-order valence-corrected chi connectivity index (χ3v) is 4.59. The number of aliphatic hydroxyl groups is 1. The monoisotopic (exact) mass is 253 g/mol. The molecular weight excluding hydrogens is 226 g/mol. The largest absolute Gasteiger partial charge is 0.391 e. The number of aliphatic hydroxyl groups excluding tert-OH is 1. The summed E-state index contributed by atoms with van der Waals surface area (Å²) in [5.41, 5.74) is -0.654. The maximum atomic E-state index is 10.5. The second-order valence-corrected chi connectivity index (χ2v) is 7.12. The normalized spacial score (nSPS) is 24.3. The van der Waals surface area contributed by atoms with Gasteiger partial charge in [-0.15, -0.1) is 0 Å². The Morgan fingerprint density at radius 1 is 1.28 bits per heavy atom. The molecule has 0 aromatic rings. The minimum Gasteiger partial charge on any atom is -0.391 e. The highest BCUT2D eigenvalue weighted by Crippen LogP contribution is 2.47. The van der Waals surface area contributed by atoms with Crippen LogP contribution in [0.25, 0.3) is 0 Å². The molecule has 1 N–H and O–H groups in total. The Kier molecular flexibility index (Phi) is 4.46. The van der Waals surface area contributed by atoms with E-state index in [-0.39, 0.29) is 5.60 Å². The van der Waals surface area contributed by atoms with Gasteiger partial charge in [0.15, 0.2) is 0 Å². The van der Waals surface area contributed by atoms with E-state index in [1.807, 2.05) is 13.8 Å². The van der Waals surface area contributed by atoms with Crippen LogP contribution in [0.1, 0.15) is 59.8 Å². The molecule has 18 heavy (non-hydrogen) atoms. The van der Waals surface area contributed by atoms with Gasteiger partial charge in [0.25, 0.3) is 0 Å². The number of ether oxygens (including phenoxy) is 1. The van der Waals surface area contributed by atoms with Crippen LogP contribution in [-0.2, 0) is 4.74 Å². The van der Waals surface area contributed by atoms with Crippen molar-refractivity contribution in [2.45, 2.75) is 71.5 Å². The van der Waals surface area contributed by atoms with Crippen molar-refractivity contribution < 1.29 is 9.84 Å². The van der Waals surface area contributed by atoms with Crippen molar-refractivity contribution in [2.24, 2.45) is 10.8 Å². The zero-order valence-electron chi connectivity index (χ0n) is 12.4. The highest BCUT2D eigenvalue weighted by Gasteiger charge is 2.45. The summed E-state index contributed by atoms with van der Waals surface area (Å²) in [6, 6.07) is 2.40. The predicted molar refractivity (Wildman–Crippen MR) is 72.0 cm³/mol. The van der Waals surface area contributed by atoms with Crippen LogP contribution in [0.2, 0.25) is 0 Å². The SMILES string of the molecule is COC(C)(C)CC(O)C1(C#N)CCC(C)(C)CC1. The standard InChI is InChI=1S/C15H27NO2/c1-13(2)6-8-15(11-16,9-7-13)12(17)10-14(3,4)18-5/h12,17H,6-10H2,1-5H3. The first-order valence-electron chi connectivity index (χ1n) is 6.81. The van der Waals surface area contributed by atoms with E-state index in [0.29, 0.717) is 11.8 Å². The second kappa shape index (κ2) is 5.19. The zero-order chi connectivity index (χ0) is 14.0. The zero-order valence-corrected chi connectivity index (χ0v) is 12.4. The maximum Gasteiger partial charge on any atom is 0.0833 e. The van der Waals surface area contributed by atoms with Crippen LogP contribution in [0.15, 0.2) is 0 Å². The van der Waals surface area contributed by atoms with Crippen molar-refractivity contribution in [3.05, 3.63) is 0 Å². The molecule has 1 unspecified atom stereocenters. The molecule has 1 atom stereocenters. The highest BCUT2D eigenvalue weighted by atomic mass is 16.5. The lowest BCUT2D eigenvalue weighted by atomic mass is 9.62.